The molecule has 2 N–H and O–H groups in total. The molecule has 0 spiro atoms. The van der Waals surface area contributed by atoms with Crippen LogP contribution in [0.4, 0.5) is 0 Å². The molecule has 4 nitrogen and oxygen atoms in total. The summed E-state index contributed by atoms with van der Waals surface area (Å²) in [5.41, 5.74) is 0.777. The van der Waals surface area contributed by atoms with Gasteiger partial charge in [0.2, 0.25) is 0 Å². The lowest BCUT2D eigenvalue weighted by Crippen LogP contribution is -2.37. The molecule has 112 valence electrons. The van der Waals surface area contributed by atoms with E-state index in [9.17, 15) is 4.79 Å². The Labute approximate surface area is 131 Å². The summed E-state index contributed by atoms with van der Waals surface area (Å²) in [4.78, 5) is 18.7. The van der Waals surface area contributed by atoms with Gasteiger partial charge in [0.15, 0.2) is 0 Å². The molecule has 2 aromatic rings. The van der Waals surface area contributed by atoms with Crippen molar-refractivity contribution in [1.82, 2.24) is 10.3 Å². The largest absolute Gasteiger partial charge is 0.396 e. The molecule has 1 saturated carbocycles. The van der Waals surface area contributed by atoms with Crippen LogP contribution in [0.2, 0.25) is 0 Å². The van der Waals surface area contributed by atoms with Crippen molar-refractivity contribution in [2.45, 2.75) is 32.2 Å². The molecule has 1 amide bonds. The highest BCUT2D eigenvalue weighted by Crippen LogP contribution is 2.35. The molecule has 0 saturated heterocycles. The quantitative estimate of drug-likeness (QED) is 0.859. The summed E-state index contributed by atoms with van der Waals surface area (Å²) >= 11 is 3.07. The van der Waals surface area contributed by atoms with Gasteiger partial charge in [0.1, 0.15) is 9.88 Å². The first kappa shape index (κ1) is 14.7. The van der Waals surface area contributed by atoms with E-state index in [1.54, 1.807) is 11.3 Å². The summed E-state index contributed by atoms with van der Waals surface area (Å²) in [7, 11) is 0. The van der Waals surface area contributed by atoms with E-state index in [1.165, 1.54) is 11.3 Å². The minimum Gasteiger partial charge on any atom is -0.396 e. The number of nitrogens with zero attached hydrogens (tertiary/aromatic N) is 1. The minimum atomic E-state index is -0.0573. The molecule has 2 heterocycles. The average Bonchev–Trinajstić information content (AvgIpc) is 3.01. The highest BCUT2D eigenvalue weighted by atomic mass is 32.1. The number of thiazole rings is 1. The van der Waals surface area contributed by atoms with Gasteiger partial charge in [0.25, 0.3) is 5.91 Å². The number of rotatable bonds is 6. The van der Waals surface area contributed by atoms with Crippen LogP contribution in [-0.4, -0.2) is 28.6 Å². The van der Waals surface area contributed by atoms with E-state index in [-0.39, 0.29) is 18.6 Å². The van der Waals surface area contributed by atoms with E-state index in [0.29, 0.717) is 17.2 Å². The third kappa shape index (κ3) is 3.33. The van der Waals surface area contributed by atoms with Crippen LogP contribution in [0.25, 0.3) is 9.88 Å². The van der Waals surface area contributed by atoms with Gasteiger partial charge in [-0.05, 0) is 43.6 Å². The fraction of sp³-hybridized carbons (Fsp3) is 0.467. The van der Waals surface area contributed by atoms with Crippen molar-refractivity contribution in [3.63, 3.8) is 0 Å². The van der Waals surface area contributed by atoms with Crippen LogP contribution in [0.15, 0.2) is 17.5 Å². The van der Waals surface area contributed by atoms with Gasteiger partial charge in [-0.2, -0.15) is 0 Å². The molecular weight excluding hydrogens is 304 g/mol. The third-order valence-corrected chi connectivity index (χ3v) is 5.88. The molecule has 2 aromatic heterocycles. The number of thiophene rings is 1. The number of aromatic nitrogens is 1. The second-order valence-electron chi connectivity index (χ2n) is 5.34. The van der Waals surface area contributed by atoms with Crippen LogP contribution in [0, 0.1) is 12.8 Å². The number of hydrogen-bond donors (Lipinski definition) is 2. The third-order valence-electron chi connectivity index (χ3n) is 3.68. The molecule has 0 radical (unpaired) electrons. The van der Waals surface area contributed by atoms with Crippen molar-refractivity contribution in [2.75, 3.05) is 6.61 Å². The molecule has 1 aliphatic rings. The Kier molecular flexibility index (Phi) is 4.37. The smallest absolute Gasteiger partial charge is 0.263 e. The molecule has 1 atom stereocenters. The number of amides is 1. The van der Waals surface area contributed by atoms with E-state index in [2.05, 4.69) is 10.3 Å². The maximum absolute atomic E-state index is 12.4. The molecule has 0 aliphatic heterocycles. The Morgan fingerprint density at radius 2 is 2.38 bits per heavy atom. The topological polar surface area (TPSA) is 62.2 Å². The van der Waals surface area contributed by atoms with Crippen LogP contribution in [0.1, 0.15) is 34.6 Å². The number of aliphatic hydroxyl groups is 1. The molecule has 6 heteroatoms. The van der Waals surface area contributed by atoms with Crippen LogP contribution < -0.4 is 5.32 Å². The summed E-state index contributed by atoms with van der Waals surface area (Å²) in [6.45, 7) is 1.99. The van der Waals surface area contributed by atoms with Crippen molar-refractivity contribution in [1.29, 1.82) is 0 Å². The van der Waals surface area contributed by atoms with Gasteiger partial charge in [-0.15, -0.1) is 22.7 Å². The first-order valence-electron chi connectivity index (χ1n) is 7.12. The molecule has 3 rings (SSSR count). The van der Waals surface area contributed by atoms with Gasteiger partial charge in [-0.3, -0.25) is 4.79 Å². The van der Waals surface area contributed by atoms with Gasteiger partial charge in [-0.25, -0.2) is 4.98 Å². The van der Waals surface area contributed by atoms with Gasteiger partial charge in [0.05, 0.1) is 10.6 Å². The summed E-state index contributed by atoms with van der Waals surface area (Å²) in [5, 5.41) is 15.1. The number of nitrogens with one attached hydrogen (secondary N) is 1. The summed E-state index contributed by atoms with van der Waals surface area (Å²) < 4.78 is 0. The zero-order valence-corrected chi connectivity index (χ0v) is 13.5. The first-order chi connectivity index (χ1) is 10.2. The van der Waals surface area contributed by atoms with Gasteiger partial charge < -0.3 is 10.4 Å². The second kappa shape index (κ2) is 6.25. The maximum Gasteiger partial charge on any atom is 0.263 e. The minimum absolute atomic E-state index is 0.0573. The highest BCUT2D eigenvalue weighted by molar-refractivity contribution is 7.22. The Morgan fingerprint density at radius 3 is 3.00 bits per heavy atom. The van der Waals surface area contributed by atoms with E-state index in [4.69, 9.17) is 5.11 Å². The summed E-state index contributed by atoms with van der Waals surface area (Å²) in [5.74, 6) is 0.476. The van der Waals surface area contributed by atoms with Crippen molar-refractivity contribution in [3.8, 4) is 9.88 Å². The van der Waals surface area contributed by atoms with E-state index in [0.717, 1.165) is 28.4 Å². The van der Waals surface area contributed by atoms with E-state index >= 15 is 0 Å². The molecule has 1 unspecified atom stereocenters. The highest BCUT2D eigenvalue weighted by Gasteiger charge is 2.32. The van der Waals surface area contributed by atoms with Crippen LogP contribution in [0.3, 0.4) is 0 Å². The van der Waals surface area contributed by atoms with Gasteiger partial charge >= 0.3 is 0 Å². The first-order valence-corrected chi connectivity index (χ1v) is 8.81. The number of carbonyl (C=O) groups is 1. The molecule has 21 heavy (non-hydrogen) atoms. The average molecular weight is 322 g/mol. The number of carbonyl (C=O) groups excluding carboxylic acids is 1. The Morgan fingerprint density at radius 1 is 1.57 bits per heavy atom. The maximum atomic E-state index is 12.4. The van der Waals surface area contributed by atoms with Crippen LogP contribution >= 0.6 is 22.7 Å². The standard InChI is InChI=1S/C15H18N2O2S2/c1-9-13(21-15(16-9)12-3-2-8-20-12)14(19)17-11(6-7-18)10-4-5-10/h2-3,8,10-11,18H,4-7H2,1H3,(H,17,19). The summed E-state index contributed by atoms with van der Waals surface area (Å²) in [6, 6.07) is 4.10. The number of hydrogen-bond acceptors (Lipinski definition) is 5. The monoisotopic (exact) mass is 322 g/mol. The van der Waals surface area contributed by atoms with Crippen molar-refractivity contribution in [2.24, 2.45) is 5.92 Å². The fourth-order valence-corrected chi connectivity index (χ4v) is 4.18. The molecule has 0 bridgehead atoms. The molecule has 0 aromatic carbocycles. The van der Waals surface area contributed by atoms with Crippen LogP contribution in [-0.2, 0) is 0 Å². The lowest BCUT2D eigenvalue weighted by molar-refractivity contribution is 0.0927. The zero-order chi connectivity index (χ0) is 14.8. The van der Waals surface area contributed by atoms with Crippen LogP contribution in [0.5, 0.6) is 0 Å². The zero-order valence-electron chi connectivity index (χ0n) is 11.8. The lowest BCUT2D eigenvalue weighted by atomic mass is 10.1. The predicted molar refractivity (Wildman–Crippen MR) is 85.8 cm³/mol. The second-order valence-corrected chi connectivity index (χ2v) is 7.29. The lowest BCUT2D eigenvalue weighted by Gasteiger charge is -2.16. The van der Waals surface area contributed by atoms with Crippen molar-refractivity contribution >= 4 is 28.6 Å². The predicted octanol–water partition coefficient (Wildman–Crippen LogP) is 3.07. The fourth-order valence-electron chi connectivity index (χ4n) is 2.41. The Balaban J connectivity index is 1.75. The summed E-state index contributed by atoms with van der Waals surface area (Å²) in [6.07, 6.45) is 2.92. The van der Waals surface area contributed by atoms with Crippen molar-refractivity contribution < 1.29 is 9.90 Å². The van der Waals surface area contributed by atoms with Gasteiger partial charge in [0, 0.05) is 12.6 Å². The van der Waals surface area contributed by atoms with Crippen molar-refractivity contribution in [3.05, 3.63) is 28.1 Å². The molecule has 1 fully saturated rings. The Bertz CT molecular complexity index is 618. The number of aliphatic hydroxyl groups excluding tert-OH is 1. The molecule has 1 aliphatic carbocycles. The SMILES string of the molecule is Cc1nc(-c2cccs2)sc1C(=O)NC(CCO)C1CC1. The van der Waals surface area contributed by atoms with E-state index in [1.807, 2.05) is 24.4 Å². The van der Waals surface area contributed by atoms with E-state index < -0.39 is 0 Å². The van der Waals surface area contributed by atoms with Gasteiger partial charge in [-0.1, -0.05) is 6.07 Å². The Hall–Kier alpha value is -1.24. The normalized spacial score (nSPS) is 15.9. The molecular formula is C15H18N2O2S2. The number of aryl methyl sites for hydroxylation is 1.